The van der Waals surface area contributed by atoms with Gasteiger partial charge in [0.05, 0.1) is 6.07 Å². The first-order valence-corrected chi connectivity index (χ1v) is 9.81. The number of ether oxygens (including phenoxy) is 1. The van der Waals surface area contributed by atoms with Crippen LogP contribution in [0.15, 0.2) is 48.5 Å². The maximum absolute atomic E-state index is 12.6. The monoisotopic (exact) mass is 408 g/mol. The number of nitriles is 1. The summed E-state index contributed by atoms with van der Waals surface area (Å²) < 4.78 is 5.87. The van der Waals surface area contributed by atoms with Crippen LogP contribution in [0.5, 0.6) is 11.5 Å². The number of nitrogens with one attached hydrogen (secondary N) is 2. The van der Waals surface area contributed by atoms with Gasteiger partial charge in [-0.05, 0) is 48.7 Å². The van der Waals surface area contributed by atoms with Gasteiger partial charge in [0.15, 0.2) is 0 Å². The van der Waals surface area contributed by atoms with Gasteiger partial charge in [-0.3, -0.25) is 9.59 Å². The van der Waals surface area contributed by atoms with Crippen molar-refractivity contribution in [3.63, 3.8) is 0 Å². The molecule has 158 valence electrons. The van der Waals surface area contributed by atoms with Gasteiger partial charge in [-0.2, -0.15) is 5.26 Å². The zero-order chi connectivity index (χ0) is 22.1. The molecule has 7 nitrogen and oxygen atoms in total. The third-order valence-corrected chi connectivity index (χ3v) is 4.36. The van der Waals surface area contributed by atoms with E-state index in [1.54, 1.807) is 24.3 Å². The number of anilines is 1. The van der Waals surface area contributed by atoms with Crippen molar-refractivity contribution in [3.05, 3.63) is 54.1 Å². The summed E-state index contributed by atoms with van der Waals surface area (Å²) in [5.74, 6) is 0.794. The van der Waals surface area contributed by atoms with Crippen molar-refractivity contribution in [2.75, 3.05) is 25.5 Å². The van der Waals surface area contributed by atoms with Gasteiger partial charge in [0, 0.05) is 31.4 Å². The molecule has 2 amide bonds. The number of hydrogen-bond donors (Lipinski definition) is 2. The lowest BCUT2D eigenvalue weighted by Gasteiger charge is -2.19. The van der Waals surface area contributed by atoms with E-state index in [2.05, 4.69) is 10.6 Å². The molecule has 0 unspecified atom stereocenters. The van der Waals surface area contributed by atoms with Gasteiger partial charge in [0.1, 0.15) is 24.1 Å². The molecule has 7 heteroatoms. The number of hydrogen-bond acceptors (Lipinski definition) is 5. The summed E-state index contributed by atoms with van der Waals surface area (Å²) in [7, 11) is 3.92. The van der Waals surface area contributed by atoms with E-state index in [1.165, 1.54) is 0 Å². The van der Waals surface area contributed by atoms with E-state index in [0.717, 1.165) is 5.69 Å². The molecule has 0 aliphatic carbocycles. The predicted octanol–water partition coefficient (Wildman–Crippen LogP) is 3.33. The third kappa shape index (κ3) is 6.82. The Morgan fingerprint density at radius 1 is 1.10 bits per heavy atom. The highest BCUT2D eigenvalue weighted by Crippen LogP contribution is 2.25. The quantitative estimate of drug-likeness (QED) is 0.621. The minimum absolute atomic E-state index is 0.0929. The van der Waals surface area contributed by atoms with Crippen LogP contribution in [0.3, 0.4) is 0 Å². The molecule has 0 aromatic heterocycles. The van der Waals surface area contributed by atoms with Crippen molar-refractivity contribution in [2.45, 2.75) is 26.3 Å². The smallest absolute Gasteiger partial charge is 0.251 e. The van der Waals surface area contributed by atoms with Crippen LogP contribution >= 0.6 is 0 Å². The molecule has 0 saturated carbocycles. The second-order valence-electron chi connectivity index (χ2n) is 7.55. The Morgan fingerprint density at radius 3 is 2.40 bits per heavy atom. The highest BCUT2D eigenvalue weighted by Gasteiger charge is 2.22. The maximum Gasteiger partial charge on any atom is 0.251 e. The summed E-state index contributed by atoms with van der Waals surface area (Å²) in [6.07, 6.45) is 0.479. The molecule has 0 radical (unpaired) electrons. The van der Waals surface area contributed by atoms with Gasteiger partial charge in [-0.1, -0.05) is 19.9 Å². The zero-order valence-electron chi connectivity index (χ0n) is 17.8. The lowest BCUT2D eigenvalue weighted by Crippen LogP contribution is -2.47. The number of rotatable bonds is 9. The molecule has 0 fully saturated rings. The second kappa shape index (κ2) is 10.9. The topological polar surface area (TPSA) is 94.5 Å². The standard InChI is InChI=1S/C23H28N4O3/c1-16(2)14-21(23(29)25-13-12-24)26-22(28)17-8-10-19(11-9-17)30-20-7-5-6-18(15-20)27(3)4/h5-11,15-16,21H,13-14H2,1-4H3,(H,25,29)(H,26,28)/t21-/m0/s1. The average molecular weight is 409 g/mol. The fourth-order valence-corrected chi connectivity index (χ4v) is 2.83. The SMILES string of the molecule is CC(C)C[C@H](NC(=O)c1ccc(Oc2cccc(N(C)C)c2)cc1)C(=O)NCC#N. The van der Waals surface area contributed by atoms with Gasteiger partial charge >= 0.3 is 0 Å². The Balaban J connectivity index is 2.05. The lowest BCUT2D eigenvalue weighted by atomic mass is 10.0. The number of benzene rings is 2. The van der Waals surface area contributed by atoms with Crippen molar-refractivity contribution < 1.29 is 14.3 Å². The summed E-state index contributed by atoms with van der Waals surface area (Å²) in [6, 6.07) is 15.6. The normalized spacial score (nSPS) is 11.3. The average Bonchev–Trinajstić information content (AvgIpc) is 2.71. The first-order chi connectivity index (χ1) is 14.3. The minimum Gasteiger partial charge on any atom is -0.457 e. The third-order valence-electron chi connectivity index (χ3n) is 4.36. The van der Waals surface area contributed by atoms with Crippen molar-refractivity contribution in [1.82, 2.24) is 10.6 Å². The van der Waals surface area contributed by atoms with Crippen LogP contribution in [-0.4, -0.2) is 38.5 Å². The van der Waals surface area contributed by atoms with E-state index in [0.29, 0.717) is 23.5 Å². The van der Waals surface area contributed by atoms with E-state index in [1.807, 2.05) is 63.2 Å². The zero-order valence-corrected chi connectivity index (χ0v) is 17.8. The van der Waals surface area contributed by atoms with Gasteiger partial charge < -0.3 is 20.3 Å². The molecular formula is C23H28N4O3. The molecule has 0 heterocycles. The van der Waals surface area contributed by atoms with Crippen LogP contribution < -0.4 is 20.3 Å². The van der Waals surface area contributed by atoms with Crippen molar-refractivity contribution in [1.29, 1.82) is 5.26 Å². The number of amides is 2. The van der Waals surface area contributed by atoms with Crippen molar-refractivity contribution in [2.24, 2.45) is 5.92 Å². The van der Waals surface area contributed by atoms with E-state index < -0.39 is 6.04 Å². The van der Waals surface area contributed by atoms with Crippen LogP contribution in [0.1, 0.15) is 30.6 Å². The Hall–Kier alpha value is -3.53. The first-order valence-electron chi connectivity index (χ1n) is 9.81. The lowest BCUT2D eigenvalue weighted by molar-refractivity contribution is -0.123. The molecule has 1 atom stereocenters. The molecule has 0 aliphatic rings. The predicted molar refractivity (Wildman–Crippen MR) is 117 cm³/mol. The molecule has 2 aromatic rings. The van der Waals surface area contributed by atoms with Gasteiger partial charge in [0.2, 0.25) is 5.91 Å². The van der Waals surface area contributed by atoms with Crippen LogP contribution in [0.4, 0.5) is 5.69 Å². The van der Waals surface area contributed by atoms with E-state index in [4.69, 9.17) is 10.00 Å². The highest BCUT2D eigenvalue weighted by molar-refractivity contribution is 5.97. The number of nitrogens with zero attached hydrogens (tertiary/aromatic N) is 2. The first kappa shape index (κ1) is 22.8. The minimum atomic E-state index is -0.699. The molecule has 30 heavy (non-hydrogen) atoms. The summed E-state index contributed by atoms with van der Waals surface area (Å²) in [5, 5.41) is 13.9. The molecule has 0 bridgehead atoms. The van der Waals surface area contributed by atoms with E-state index in [-0.39, 0.29) is 24.3 Å². The molecule has 0 saturated heterocycles. The van der Waals surface area contributed by atoms with E-state index in [9.17, 15) is 9.59 Å². The largest absolute Gasteiger partial charge is 0.457 e. The second-order valence-corrected chi connectivity index (χ2v) is 7.55. The molecule has 0 spiro atoms. The number of carbonyl (C=O) groups excluding carboxylic acids is 2. The Kier molecular flexibility index (Phi) is 8.24. The van der Waals surface area contributed by atoms with Gasteiger partial charge in [-0.15, -0.1) is 0 Å². The van der Waals surface area contributed by atoms with Crippen LogP contribution in [0.2, 0.25) is 0 Å². The summed E-state index contributed by atoms with van der Waals surface area (Å²) >= 11 is 0. The van der Waals surface area contributed by atoms with Crippen molar-refractivity contribution >= 4 is 17.5 Å². The Bertz CT molecular complexity index is 901. The molecule has 2 aromatic carbocycles. The molecule has 0 aliphatic heterocycles. The van der Waals surface area contributed by atoms with Crippen LogP contribution in [0.25, 0.3) is 0 Å². The highest BCUT2D eigenvalue weighted by atomic mass is 16.5. The molecular weight excluding hydrogens is 380 g/mol. The van der Waals surface area contributed by atoms with E-state index >= 15 is 0 Å². The Labute approximate surface area is 177 Å². The van der Waals surface area contributed by atoms with Crippen LogP contribution in [0, 0.1) is 17.2 Å². The maximum atomic E-state index is 12.6. The summed E-state index contributed by atoms with van der Waals surface area (Å²) in [6.45, 7) is 3.84. The molecule has 2 N–H and O–H groups in total. The van der Waals surface area contributed by atoms with Crippen molar-refractivity contribution in [3.8, 4) is 17.6 Å². The Morgan fingerprint density at radius 2 is 1.80 bits per heavy atom. The molecule has 2 rings (SSSR count). The summed E-state index contributed by atoms with van der Waals surface area (Å²) in [4.78, 5) is 26.8. The van der Waals surface area contributed by atoms with Gasteiger partial charge in [-0.25, -0.2) is 0 Å². The fourth-order valence-electron chi connectivity index (χ4n) is 2.83. The summed E-state index contributed by atoms with van der Waals surface area (Å²) in [5.41, 5.74) is 1.44. The van der Waals surface area contributed by atoms with Gasteiger partial charge in [0.25, 0.3) is 5.91 Å². The number of carbonyl (C=O) groups is 2. The fraction of sp³-hybridized carbons (Fsp3) is 0.348. The van der Waals surface area contributed by atoms with Crippen LogP contribution in [-0.2, 0) is 4.79 Å².